The topological polar surface area (TPSA) is 46.9 Å². The Hall–Kier alpha value is -4.18. The number of amides is 1. The van der Waals surface area contributed by atoms with Gasteiger partial charge >= 0.3 is 0 Å². The smallest absolute Gasteiger partial charge is 0.251 e. The Morgan fingerprint density at radius 2 is 1.53 bits per heavy atom. The van der Waals surface area contributed by atoms with Crippen LogP contribution >= 0.6 is 0 Å². The maximum Gasteiger partial charge on any atom is 0.251 e. The zero-order valence-corrected chi connectivity index (χ0v) is 19.2. The molecule has 0 saturated carbocycles. The van der Waals surface area contributed by atoms with Crippen molar-refractivity contribution in [1.82, 2.24) is 14.9 Å². The van der Waals surface area contributed by atoms with Crippen molar-refractivity contribution in [3.63, 3.8) is 0 Å². The lowest BCUT2D eigenvalue weighted by atomic mass is 10.0. The van der Waals surface area contributed by atoms with E-state index in [-0.39, 0.29) is 11.9 Å². The molecule has 0 bridgehead atoms. The molecule has 0 saturated heterocycles. The summed E-state index contributed by atoms with van der Waals surface area (Å²) in [6.45, 7) is 2.80. The van der Waals surface area contributed by atoms with Crippen LogP contribution in [0.1, 0.15) is 40.9 Å². The van der Waals surface area contributed by atoms with E-state index in [0.29, 0.717) is 5.56 Å². The second-order valence-corrected chi connectivity index (χ2v) is 8.48. The Bertz CT molecular complexity index is 1390. The molecule has 5 rings (SSSR count). The van der Waals surface area contributed by atoms with Gasteiger partial charge in [-0.3, -0.25) is 4.79 Å². The molecule has 0 radical (unpaired) electrons. The van der Waals surface area contributed by atoms with Crippen molar-refractivity contribution in [3.05, 3.63) is 126 Å². The van der Waals surface area contributed by atoms with Crippen LogP contribution in [0.3, 0.4) is 0 Å². The third-order valence-electron chi connectivity index (χ3n) is 6.21. The van der Waals surface area contributed by atoms with Crippen LogP contribution in [0, 0.1) is 0 Å². The van der Waals surface area contributed by atoms with E-state index in [2.05, 4.69) is 70.3 Å². The van der Waals surface area contributed by atoms with Crippen LogP contribution in [-0.2, 0) is 6.54 Å². The maximum absolute atomic E-state index is 12.9. The number of fused-ring (bicyclic) bond motifs is 1. The average molecular weight is 446 g/mol. The third-order valence-corrected chi connectivity index (χ3v) is 6.21. The molecule has 5 aromatic rings. The van der Waals surface area contributed by atoms with Crippen molar-refractivity contribution in [1.29, 1.82) is 0 Å². The van der Waals surface area contributed by atoms with Crippen LogP contribution < -0.4 is 5.32 Å². The Morgan fingerprint density at radius 1 is 0.853 bits per heavy atom. The van der Waals surface area contributed by atoms with Gasteiger partial charge in [0.1, 0.15) is 0 Å². The van der Waals surface area contributed by atoms with E-state index < -0.39 is 0 Å². The first-order chi connectivity index (χ1) is 16.7. The quantitative estimate of drug-likeness (QED) is 0.305. The number of hydrogen-bond acceptors (Lipinski definition) is 2. The van der Waals surface area contributed by atoms with Gasteiger partial charge in [-0.25, -0.2) is 4.98 Å². The van der Waals surface area contributed by atoms with E-state index in [0.717, 1.165) is 29.6 Å². The summed E-state index contributed by atoms with van der Waals surface area (Å²) in [5.74, 6) is -0.0800. The van der Waals surface area contributed by atoms with E-state index >= 15 is 0 Å². The number of nitrogens with zero attached hydrogens (tertiary/aromatic N) is 2. The number of carbonyl (C=O) groups excluding carboxylic acids is 1. The number of benzene rings is 4. The summed E-state index contributed by atoms with van der Waals surface area (Å²) in [6.07, 6.45) is 2.67. The Morgan fingerprint density at radius 3 is 2.24 bits per heavy atom. The highest BCUT2D eigenvalue weighted by molar-refractivity contribution is 5.97. The number of nitrogens with one attached hydrogen (secondary N) is 1. The van der Waals surface area contributed by atoms with Crippen molar-refractivity contribution in [3.8, 4) is 11.1 Å². The Kier molecular flexibility index (Phi) is 6.21. The van der Waals surface area contributed by atoms with Gasteiger partial charge in [-0.05, 0) is 46.9 Å². The summed E-state index contributed by atoms with van der Waals surface area (Å²) in [5.41, 5.74) is 7.19. The molecule has 4 heteroatoms. The van der Waals surface area contributed by atoms with Gasteiger partial charge < -0.3 is 9.88 Å². The van der Waals surface area contributed by atoms with Gasteiger partial charge in [0, 0.05) is 12.1 Å². The minimum absolute atomic E-state index is 0.0131. The van der Waals surface area contributed by atoms with Crippen LogP contribution in [-0.4, -0.2) is 15.5 Å². The monoisotopic (exact) mass is 445 g/mol. The molecule has 4 nitrogen and oxygen atoms in total. The zero-order chi connectivity index (χ0) is 23.3. The largest absolute Gasteiger partial charge is 0.345 e. The van der Waals surface area contributed by atoms with E-state index in [9.17, 15) is 4.79 Å². The number of aromatic nitrogens is 2. The first-order valence-electron chi connectivity index (χ1n) is 11.7. The van der Waals surface area contributed by atoms with Gasteiger partial charge in [0.15, 0.2) is 0 Å². The normalized spacial score (nSPS) is 11.9. The fourth-order valence-electron chi connectivity index (χ4n) is 4.31. The third kappa shape index (κ3) is 4.62. The lowest BCUT2D eigenvalue weighted by Gasteiger charge is -2.17. The number of imidazole rings is 1. The number of hydrogen-bond donors (Lipinski definition) is 1. The molecule has 1 N–H and O–H groups in total. The molecule has 1 unspecified atom stereocenters. The Balaban J connectivity index is 1.31. The van der Waals surface area contributed by atoms with E-state index in [1.54, 1.807) is 0 Å². The van der Waals surface area contributed by atoms with E-state index in [4.69, 9.17) is 0 Å². The first-order valence-corrected chi connectivity index (χ1v) is 11.7. The molecule has 168 valence electrons. The molecule has 0 aliphatic rings. The standard InChI is InChI=1S/C30H27N3O/c1-2-27(25-11-7-4-8-12-25)32-30(34)26-17-18-29-28(19-26)31-21-33(29)20-22-13-15-24(16-14-22)23-9-5-3-6-10-23/h3-19,21,27H,2,20H2,1H3,(H,32,34). The molecule has 34 heavy (non-hydrogen) atoms. The van der Waals surface area contributed by atoms with Gasteiger partial charge in [0.05, 0.1) is 23.4 Å². The first kappa shape index (κ1) is 21.7. The van der Waals surface area contributed by atoms with Crippen molar-refractivity contribution < 1.29 is 4.79 Å². The molecule has 0 spiro atoms. The summed E-state index contributed by atoms with van der Waals surface area (Å²) in [5, 5.41) is 3.16. The molecule has 0 aliphatic carbocycles. The lowest BCUT2D eigenvalue weighted by molar-refractivity contribution is 0.0935. The lowest BCUT2D eigenvalue weighted by Crippen LogP contribution is -2.28. The SMILES string of the molecule is CCC(NC(=O)c1ccc2c(c1)ncn2Cc1ccc(-c2ccccc2)cc1)c1ccccc1. The number of rotatable bonds is 7. The molecule has 1 heterocycles. The summed E-state index contributed by atoms with van der Waals surface area (Å²) in [4.78, 5) is 17.5. The maximum atomic E-state index is 12.9. The fourth-order valence-corrected chi connectivity index (χ4v) is 4.31. The summed E-state index contributed by atoms with van der Waals surface area (Å²) in [7, 11) is 0. The minimum Gasteiger partial charge on any atom is -0.345 e. The van der Waals surface area contributed by atoms with Crippen LogP contribution in [0.2, 0.25) is 0 Å². The van der Waals surface area contributed by atoms with Gasteiger partial charge in [0.25, 0.3) is 5.91 Å². The van der Waals surface area contributed by atoms with Crippen LogP contribution in [0.5, 0.6) is 0 Å². The highest BCUT2D eigenvalue weighted by Crippen LogP contribution is 2.22. The van der Waals surface area contributed by atoms with Crippen molar-refractivity contribution in [2.75, 3.05) is 0 Å². The fraction of sp³-hybridized carbons (Fsp3) is 0.133. The van der Waals surface area contributed by atoms with Crippen molar-refractivity contribution >= 4 is 16.9 Å². The predicted molar refractivity (Wildman–Crippen MR) is 138 cm³/mol. The molecule has 0 aliphatic heterocycles. The molecule has 0 fully saturated rings. The summed E-state index contributed by atoms with van der Waals surface area (Å²) < 4.78 is 2.12. The molecule has 4 aromatic carbocycles. The van der Waals surface area contributed by atoms with Gasteiger partial charge in [0.2, 0.25) is 0 Å². The predicted octanol–water partition coefficient (Wildman–Crippen LogP) is 6.63. The minimum atomic E-state index is -0.0800. The summed E-state index contributed by atoms with van der Waals surface area (Å²) in [6, 6.07) is 34.8. The number of carbonyl (C=O) groups is 1. The Labute approximate surface area is 199 Å². The van der Waals surface area contributed by atoms with Crippen LogP contribution in [0.15, 0.2) is 109 Å². The molecule has 1 amide bonds. The van der Waals surface area contributed by atoms with Crippen LogP contribution in [0.25, 0.3) is 22.2 Å². The second-order valence-electron chi connectivity index (χ2n) is 8.48. The summed E-state index contributed by atoms with van der Waals surface area (Å²) >= 11 is 0. The highest BCUT2D eigenvalue weighted by Gasteiger charge is 2.15. The molecular formula is C30H27N3O. The zero-order valence-electron chi connectivity index (χ0n) is 19.2. The van der Waals surface area contributed by atoms with Gasteiger partial charge in [-0.2, -0.15) is 0 Å². The highest BCUT2D eigenvalue weighted by atomic mass is 16.1. The average Bonchev–Trinajstić information content (AvgIpc) is 3.30. The van der Waals surface area contributed by atoms with Gasteiger partial charge in [-0.15, -0.1) is 0 Å². The van der Waals surface area contributed by atoms with Crippen LogP contribution in [0.4, 0.5) is 0 Å². The second kappa shape index (κ2) is 9.75. The van der Waals surface area contributed by atoms with Crippen molar-refractivity contribution in [2.45, 2.75) is 25.9 Å². The molecule has 1 aromatic heterocycles. The van der Waals surface area contributed by atoms with E-state index in [1.807, 2.05) is 60.9 Å². The molecular weight excluding hydrogens is 418 g/mol. The van der Waals surface area contributed by atoms with Gasteiger partial charge in [-0.1, -0.05) is 91.9 Å². The van der Waals surface area contributed by atoms with E-state index in [1.165, 1.54) is 16.7 Å². The molecule has 1 atom stereocenters. The van der Waals surface area contributed by atoms with Crippen molar-refractivity contribution in [2.24, 2.45) is 0 Å².